The Morgan fingerprint density at radius 3 is 2.84 bits per heavy atom. The number of benzene rings is 1. The summed E-state index contributed by atoms with van der Waals surface area (Å²) in [5.74, 6) is 0.162. The molecule has 0 aliphatic carbocycles. The quantitative estimate of drug-likeness (QED) is 0.861. The molecule has 1 N–H and O–H groups in total. The van der Waals surface area contributed by atoms with E-state index in [1.54, 1.807) is 11.8 Å². The molecule has 1 aromatic rings. The van der Waals surface area contributed by atoms with E-state index in [2.05, 4.69) is 0 Å². The summed E-state index contributed by atoms with van der Waals surface area (Å²) < 4.78 is 0. The third-order valence-electron chi connectivity index (χ3n) is 3.38. The first-order valence-corrected chi connectivity index (χ1v) is 7.77. The van der Waals surface area contributed by atoms with Crippen LogP contribution in [0.1, 0.15) is 26.2 Å². The van der Waals surface area contributed by atoms with Gasteiger partial charge in [0.25, 0.3) is 0 Å². The van der Waals surface area contributed by atoms with Crippen molar-refractivity contribution in [3.8, 4) is 0 Å². The number of carbonyl (C=O) groups is 1. The Morgan fingerprint density at radius 1 is 1.47 bits per heavy atom. The Labute approximate surface area is 119 Å². The molecule has 2 rings (SSSR count). The Bertz CT molecular complexity index is 410. The van der Waals surface area contributed by atoms with Crippen LogP contribution >= 0.6 is 11.8 Å². The molecule has 0 bridgehead atoms. The lowest BCUT2D eigenvalue weighted by Gasteiger charge is -2.32. The Kier molecular flexibility index (Phi) is 5.28. The smallest absolute Gasteiger partial charge is 0.236 e. The molecule has 3 nitrogen and oxygen atoms in total. The predicted octanol–water partition coefficient (Wildman–Crippen LogP) is 2.54. The summed E-state index contributed by atoms with van der Waals surface area (Å²) in [7, 11) is 0. The molecule has 19 heavy (non-hydrogen) atoms. The van der Waals surface area contributed by atoms with Crippen LogP contribution in [0.5, 0.6) is 0 Å². The van der Waals surface area contributed by atoms with Crippen molar-refractivity contribution in [2.24, 2.45) is 0 Å². The van der Waals surface area contributed by atoms with E-state index < -0.39 is 0 Å². The van der Waals surface area contributed by atoms with Crippen molar-refractivity contribution in [1.82, 2.24) is 4.90 Å². The molecule has 0 radical (unpaired) electrons. The summed E-state index contributed by atoms with van der Waals surface area (Å²) in [5, 5.41) is 9.62. The highest BCUT2D eigenvalue weighted by atomic mass is 32.2. The van der Waals surface area contributed by atoms with Gasteiger partial charge in [0.1, 0.15) is 0 Å². The standard InChI is InChI=1S/C15H21NO2S/c1-2-14(19-13-8-4-3-5-9-13)15(18)16-10-6-7-12(17)11-16/h3-5,8-9,12,14,17H,2,6-7,10-11H2,1H3. The summed E-state index contributed by atoms with van der Waals surface area (Å²) in [6.45, 7) is 3.31. The van der Waals surface area contributed by atoms with Gasteiger partial charge in [-0.2, -0.15) is 0 Å². The van der Waals surface area contributed by atoms with Gasteiger partial charge < -0.3 is 10.0 Å². The highest BCUT2D eigenvalue weighted by molar-refractivity contribution is 8.00. The highest BCUT2D eigenvalue weighted by Gasteiger charge is 2.27. The average molecular weight is 279 g/mol. The molecule has 0 aromatic heterocycles. The molecule has 1 aliphatic rings. The van der Waals surface area contributed by atoms with Crippen LogP contribution in [-0.4, -0.2) is 40.4 Å². The molecule has 0 saturated carbocycles. The summed E-state index contributed by atoms with van der Waals surface area (Å²) >= 11 is 1.62. The zero-order chi connectivity index (χ0) is 13.7. The van der Waals surface area contributed by atoms with Crippen LogP contribution in [0.3, 0.4) is 0 Å². The molecule has 104 valence electrons. The third kappa shape index (κ3) is 3.98. The fraction of sp³-hybridized carbons (Fsp3) is 0.533. The van der Waals surface area contributed by atoms with Gasteiger partial charge in [-0.05, 0) is 31.4 Å². The first kappa shape index (κ1) is 14.4. The van der Waals surface area contributed by atoms with E-state index in [9.17, 15) is 9.90 Å². The van der Waals surface area contributed by atoms with E-state index in [-0.39, 0.29) is 17.3 Å². The fourth-order valence-corrected chi connectivity index (χ4v) is 3.39. The number of piperidine rings is 1. The third-order valence-corrected chi connectivity index (χ3v) is 4.74. The minimum Gasteiger partial charge on any atom is -0.391 e. The first-order valence-electron chi connectivity index (χ1n) is 6.89. The van der Waals surface area contributed by atoms with Crippen LogP contribution in [0.2, 0.25) is 0 Å². The zero-order valence-corrected chi connectivity index (χ0v) is 12.1. The normalized spacial score (nSPS) is 21.2. The SMILES string of the molecule is CCC(Sc1ccccc1)C(=O)N1CCCC(O)C1. The molecule has 1 heterocycles. The van der Waals surface area contributed by atoms with Crippen LogP contribution < -0.4 is 0 Å². The maximum absolute atomic E-state index is 12.5. The van der Waals surface area contributed by atoms with Crippen molar-refractivity contribution in [2.45, 2.75) is 42.4 Å². The van der Waals surface area contributed by atoms with Gasteiger partial charge in [-0.25, -0.2) is 0 Å². The average Bonchev–Trinajstić information content (AvgIpc) is 2.45. The van der Waals surface area contributed by atoms with E-state index in [4.69, 9.17) is 0 Å². The number of aliphatic hydroxyl groups excluding tert-OH is 1. The highest BCUT2D eigenvalue weighted by Crippen LogP contribution is 2.27. The lowest BCUT2D eigenvalue weighted by atomic mass is 10.1. The molecule has 2 unspecified atom stereocenters. The van der Waals surface area contributed by atoms with Gasteiger partial charge in [0.2, 0.25) is 5.91 Å². The van der Waals surface area contributed by atoms with Gasteiger partial charge in [-0.3, -0.25) is 4.79 Å². The number of likely N-dealkylation sites (tertiary alicyclic amines) is 1. The second-order valence-electron chi connectivity index (χ2n) is 4.91. The topological polar surface area (TPSA) is 40.5 Å². The largest absolute Gasteiger partial charge is 0.391 e. The van der Waals surface area contributed by atoms with E-state index in [0.29, 0.717) is 6.54 Å². The minimum absolute atomic E-state index is 0.0484. The van der Waals surface area contributed by atoms with Crippen LogP contribution in [0.25, 0.3) is 0 Å². The molecular formula is C15H21NO2S. The predicted molar refractivity (Wildman–Crippen MR) is 78.2 cm³/mol. The van der Waals surface area contributed by atoms with E-state index in [1.807, 2.05) is 42.2 Å². The number of aliphatic hydroxyl groups is 1. The minimum atomic E-state index is -0.350. The second kappa shape index (κ2) is 6.96. The van der Waals surface area contributed by atoms with E-state index in [0.717, 1.165) is 30.7 Å². The number of thioether (sulfide) groups is 1. The number of nitrogens with zero attached hydrogens (tertiary/aromatic N) is 1. The molecule has 2 atom stereocenters. The van der Waals surface area contributed by atoms with Crippen molar-refractivity contribution in [1.29, 1.82) is 0 Å². The summed E-state index contributed by atoms with van der Waals surface area (Å²) in [4.78, 5) is 15.4. The van der Waals surface area contributed by atoms with Crippen molar-refractivity contribution in [2.75, 3.05) is 13.1 Å². The van der Waals surface area contributed by atoms with Gasteiger partial charge in [0, 0.05) is 18.0 Å². The van der Waals surface area contributed by atoms with Gasteiger partial charge in [0.05, 0.1) is 11.4 Å². The lowest BCUT2D eigenvalue weighted by molar-refractivity contribution is -0.133. The Hall–Kier alpha value is -1.00. The molecule has 1 aliphatic heterocycles. The van der Waals surface area contributed by atoms with Crippen LogP contribution in [0, 0.1) is 0 Å². The van der Waals surface area contributed by atoms with Gasteiger partial charge in [-0.15, -0.1) is 11.8 Å². The Morgan fingerprint density at radius 2 is 2.21 bits per heavy atom. The molecule has 1 amide bonds. The van der Waals surface area contributed by atoms with E-state index in [1.165, 1.54) is 0 Å². The van der Waals surface area contributed by atoms with Crippen molar-refractivity contribution in [3.63, 3.8) is 0 Å². The Balaban J connectivity index is 1.98. The molecule has 1 saturated heterocycles. The summed E-state index contributed by atoms with van der Waals surface area (Å²) in [6, 6.07) is 10.0. The van der Waals surface area contributed by atoms with Crippen LogP contribution in [0.15, 0.2) is 35.2 Å². The summed E-state index contributed by atoms with van der Waals surface area (Å²) in [6.07, 6.45) is 2.17. The zero-order valence-electron chi connectivity index (χ0n) is 11.3. The fourth-order valence-electron chi connectivity index (χ4n) is 2.33. The molecule has 1 aromatic carbocycles. The maximum atomic E-state index is 12.5. The molecule has 4 heteroatoms. The number of rotatable bonds is 4. The van der Waals surface area contributed by atoms with Gasteiger partial charge in [-0.1, -0.05) is 25.1 Å². The maximum Gasteiger partial charge on any atom is 0.236 e. The molecule has 1 fully saturated rings. The monoisotopic (exact) mass is 279 g/mol. The number of β-amino-alcohol motifs (C(OH)–C–C–N with tert-alkyl or cyclic N) is 1. The number of hydrogen-bond acceptors (Lipinski definition) is 3. The number of hydrogen-bond donors (Lipinski definition) is 1. The molecule has 0 spiro atoms. The second-order valence-corrected chi connectivity index (χ2v) is 6.18. The number of amides is 1. The van der Waals surface area contributed by atoms with Gasteiger partial charge in [0.15, 0.2) is 0 Å². The first-order chi connectivity index (χ1) is 9.20. The van der Waals surface area contributed by atoms with Crippen molar-refractivity contribution >= 4 is 17.7 Å². The van der Waals surface area contributed by atoms with E-state index >= 15 is 0 Å². The number of carbonyl (C=O) groups excluding carboxylic acids is 1. The van der Waals surface area contributed by atoms with Crippen LogP contribution in [0.4, 0.5) is 0 Å². The lowest BCUT2D eigenvalue weighted by Crippen LogP contribution is -2.45. The van der Waals surface area contributed by atoms with Crippen molar-refractivity contribution < 1.29 is 9.90 Å². The van der Waals surface area contributed by atoms with Gasteiger partial charge >= 0.3 is 0 Å². The molecular weight excluding hydrogens is 258 g/mol. The van der Waals surface area contributed by atoms with Crippen molar-refractivity contribution in [3.05, 3.63) is 30.3 Å². The van der Waals surface area contributed by atoms with Crippen LogP contribution in [-0.2, 0) is 4.79 Å². The summed E-state index contributed by atoms with van der Waals surface area (Å²) in [5.41, 5.74) is 0.